The van der Waals surface area contributed by atoms with Crippen LogP contribution in [0.2, 0.25) is 0 Å². The number of thioether (sulfide) groups is 1. The standard InChI is InChI=1S/C14H19NO2S/c1-16-13-3-2-10(11-4-5-15-7-11)6-14(13)17-12-8-18-9-12/h2-3,6,11-12,15H,4-5,7-9H2,1H3. The largest absolute Gasteiger partial charge is 0.493 e. The van der Waals surface area contributed by atoms with E-state index >= 15 is 0 Å². The monoisotopic (exact) mass is 265 g/mol. The van der Waals surface area contributed by atoms with Gasteiger partial charge in [-0.2, -0.15) is 11.8 Å². The van der Waals surface area contributed by atoms with E-state index in [0.717, 1.165) is 36.1 Å². The molecular weight excluding hydrogens is 246 g/mol. The van der Waals surface area contributed by atoms with Gasteiger partial charge in [0.2, 0.25) is 0 Å². The number of methoxy groups -OCH3 is 1. The lowest BCUT2D eigenvalue weighted by Crippen LogP contribution is -2.31. The number of hydrogen-bond donors (Lipinski definition) is 1. The number of rotatable bonds is 4. The molecule has 1 aromatic rings. The average molecular weight is 265 g/mol. The Morgan fingerprint density at radius 2 is 2.17 bits per heavy atom. The summed E-state index contributed by atoms with van der Waals surface area (Å²) in [7, 11) is 1.70. The van der Waals surface area contributed by atoms with Crippen molar-refractivity contribution >= 4 is 11.8 Å². The average Bonchev–Trinajstić information content (AvgIpc) is 2.87. The van der Waals surface area contributed by atoms with Gasteiger partial charge in [-0.05, 0) is 36.6 Å². The second-order valence-electron chi connectivity index (χ2n) is 4.88. The van der Waals surface area contributed by atoms with Crippen molar-refractivity contribution in [3.8, 4) is 11.5 Å². The molecule has 2 fully saturated rings. The maximum Gasteiger partial charge on any atom is 0.161 e. The highest BCUT2D eigenvalue weighted by molar-refractivity contribution is 8.00. The van der Waals surface area contributed by atoms with Crippen LogP contribution in [0.15, 0.2) is 18.2 Å². The molecule has 0 aromatic heterocycles. The molecule has 0 radical (unpaired) electrons. The van der Waals surface area contributed by atoms with Gasteiger partial charge >= 0.3 is 0 Å². The smallest absolute Gasteiger partial charge is 0.161 e. The zero-order valence-electron chi connectivity index (χ0n) is 10.6. The maximum atomic E-state index is 6.01. The fourth-order valence-corrected chi connectivity index (χ4v) is 3.00. The van der Waals surface area contributed by atoms with E-state index in [1.807, 2.05) is 17.8 Å². The number of hydrogen-bond acceptors (Lipinski definition) is 4. The van der Waals surface area contributed by atoms with E-state index in [-0.39, 0.29) is 0 Å². The van der Waals surface area contributed by atoms with Crippen LogP contribution in [0.1, 0.15) is 17.9 Å². The van der Waals surface area contributed by atoms with Crippen LogP contribution in [0.25, 0.3) is 0 Å². The Hall–Kier alpha value is -0.870. The molecule has 98 valence electrons. The van der Waals surface area contributed by atoms with Crippen molar-refractivity contribution in [1.29, 1.82) is 0 Å². The van der Waals surface area contributed by atoms with Gasteiger partial charge in [-0.1, -0.05) is 6.07 Å². The first-order chi connectivity index (χ1) is 8.86. The molecule has 0 bridgehead atoms. The summed E-state index contributed by atoms with van der Waals surface area (Å²) in [5.74, 6) is 4.57. The molecule has 2 saturated heterocycles. The summed E-state index contributed by atoms with van der Waals surface area (Å²) in [6.45, 7) is 2.19. The number of benzene rings is 1. The van der Waals surface area contributed by atoms with E-state index in [4.69, 9.17) is 9.47 Å². The minimum Gasteiger partial charge on any atom is -0.493 e. The molecule has 1 atom stereocenters. The molecule has 1 aromatic carbocycles. The highest BCUT2D eigenvalue weighted by atomic mass is 32.2. The normalized spacial score (nSPS) is 23.7. The molecule has 3 rings (SSSR count). The summed E-state index contributed by atoms with van der Waals surface area (Å²) >= 11 is 1.93. The third-order valence-corrected chi connectivity index (χ3v) is 4.84. The van der Waals surface area contributed by atoms with Gasteiger partial charge in [0.15, 0.2) is 11.5 Å². The van der Waals surface area contributed by atoms with Crippen molar-refractivity contribution in [3.05, 3.63) is 23.8 Å². The summed E-state index contributed by atoms with van der Waals surface area (Å²) in [6, 6.07) is 6.37. The van der Waals surface area contributed by atoms with Gasteiger partial charge in [0.05, 0.1) is 7.11 Å². The van der Waals surface area contributed by atoms with Gasteiger partial charge in [0.1, 0.15) is 6.10 Å². The van der Waals surface area contributed by atoms with Crippen molar-refractivity contribution in [2.24, 2.45) is 0 Å². The second kappa shape index (κ2) is 5.41. The third-order valence-electron chi connectivity index (χ3n) is 3.62. The Morgan fingerprint density at radius 3 is 2.78 bits per heavy atom. The minimum absolute atomic E-state index is 0.362. The lowest BCUT2D eigenvalue weighted by atomic mass is 9.98. The van der Waals surface area contributed by atoms with Crippen LogP contribution in [0, 0.1) is 0 Å². The lowest BCUT2D eigenvalue weighted by molar-refractivity contribution is 0.228. The zero-order valence-corrected chi connectivity index (χ0v) is 11.5. The van der Waals surface area contributed by atoms with E-state index in [0.29, 0.717) is 12.0 Å². The summed E-state index contributed by atoms with van der Waals surface area (Å²) in [6.07, 6.45) is 1.58. The minimum atomic E-state index is 0.362. The lowest BCUT2D eigenvalue weighted by Gasteiger charge is -2.27. The number of ether oxygens (including phenoxy) is 2. The van der Waals surface area contributed by atoms with Crippen LogP contribution in [0.3, 0.4) is 0 Å². The Balaban J connectivity index is 1.80. The van der Waals surface area contributed by atoms with E-state index in [2.05, 4.69) is 17.4 Å². The molecule has 0 spiro atoms. The van der Waals surface area contributed by atoms with Gasteiger partial charge in [0, 0.05) is 18.1 Å². The van der Waals surface area contributed by atoms with E-state index in [9.17, 15) is 0 Å². The SMILES string of the molecule is COc1ccc(C2CCNC2)cc1OC1CSC1. The quantitative estimate of drug-likeness (QED) is 0.904. The first-order valence-corrected chi connectivity index (χ1v) is 7.65. The topological polar surface area (TPSA) is 30.5 Å². The van der Waals surface area contributed by atoms with Crippen molar-refractivity contribution < 1.29 is 9.47 Å². The van der Waals surface area contributed by atoms with Crippen LogP contribution >= 0.6 is 11.8 Å². The fraction of sp³-hybridized carbons (Fsp3) is 0.571. The van der Waals surface area contributed by atoms with Gasteiger partial charge in [-0.15, -0.1) is 0 Å². The maximum absolute atomic E-state index is 6.01. The first kappa shape index (κ1) is 12.2. The van der Waals surface area contributed by atoms with E-state index in [1.165, 1.54) is 12.0 Å². The van der Waals surface area contributed by atoms with Crippen molar-refractivity contribution in [2.45, 2.75) is 18.4 Å². The summed E-state index contributed by atoms with van der Waals surface area (Å²) in [4.78, 5) is 0. The van der Waals surface area contributed by atoms with Gasteiger partial charge < -0.3 is 14.8 Å². The van der Waals surface area contributed by atoms with E-state index in [1.54, 1.807) is 7.11 Å². The molecule has 1 unspecified atom stereocenters. The van der Waals surface area contributed by atoms with Crippen LogP contribution < -0.4 is 14.8 Å². The molecule has 0 aliphatic carbocycles. The van der Waals surface area contributed by atoms with Gasteiger partial charge in [0.25, 0.3) is 0 Å². The molecule has 0 amide bonds. The molecule has 18 heavy (non-hydrogen) atoms. The molecule has 4 heteroatoms. The Morgan fingerprint density at radius 1 is 1.28 bits per heavy atom. The Bertz CT molecular complexity index is 414. The highest BCUT2D eigenvalue weighted by Crippen LogP contribution is 2.35. The fourth-order valence-electron chi connectivity index (χ4n) is 2.44. The van der Waals surface area contributed by atoms with Crippen LogP contribution in [0.4, 0.5) is 0 Å². The predicted octanol–water partition coefficient (Wildman–Crippen LogP) is 2.27. The highest BCUT2D eigenvalue weighted by Gasteiger charge is 2.23. The molecular formula is C14H19NO2S. The van der Waals surface area contributed by atoms with E-state index < -0.39 is 0 Å². The molecule has 2 aliphatic rings. The van der Waals surface area contributed by atoms with Gasteiger partial charge in [-0.3, -0.25) is 0 Å². The van der Waals surface area contributed by atoms with Crippen molar-refractivity contribution in [3.63, 3.8) is 0 Å². The van der Waals surface area contributed by atoms with Crippen molar-refractivity contribution in [1.82, 2.24) is 5.32 Å². The first-order valence-electron chi connectivity index (χ1n) is 6.50. The molecule has 1 N–H and O–H groups in total. The molecule has 0 saturated carbocycles. The van der Waals surface area contributed by atoms with Crippen LogP contribution in [0.5, 0.6) is 11.5 Å². The predicted molar refractivity (Wildman–Crippen MR) is 75.0 cm³/mol. The summed E-state index contributed by atoms with van der Waals surface area (Å²) in [5.41, 5.74) is 1.36. The third kappa shape index (κ3) is 2.45. The molecule has 3 nitrogen and oxygen atoms in total. The van der Waals surface area contributed by atoms with Crippen LogP contribution in [-0.4, -0.2) is 37.8 Å². The Labute approximate surface area is 112 Å². The molecule has 2 aliphatic heterocycles. The van der Waals surface area contributed by atoms with Crippen LogP contribution in [-0.2, 0) is 0 Å². The summed E-state index contributed by atoms with van der Waals surface area (Å²) in [5, 5.41) is 3.41. The Kier molecular flexibility index (Phi) is 3.66. The number of nitrogens with one attached hydrogen (secondary N) is 1. The second-order valence-corrected chi connectivity index (χ2v) is 5.95. The zero-order chi connectivity index (χ0) is 12.4. The van der Waals surface area contributed by atoms with Gasteiger partial charge in [-0.25, -0.2) is 0 Å². The van der Waals surface area contributed by atoms with Crippen molar-refractivity contribution in [2.75, 3.05) is 31.7 Å². The molecule has 2 heterocycles. The summed E-state index contributed by atoms with van der Waals surface area (Å²) < 4.78 is 11.4.